The van der Waals surface area contributed by atoms with E-state index in [-0.39, 0.29) is 0 Å². The van der Waals surface area contributed by atoms with E-state index < -0.39 is 0 Å². The first-order chi connectivity index (χ1) is 19.7. The number of benzene rings is 6. The lowest BCUT2D eigenvalue weighted by Gasteiger charge is -2.20. The number of rotatable bonds is 8. The summed E-state index contributed by atoms with van der Waals surface area (Å²) in [6.07, 6.45) is 1.92. The van der Waals surface area contributed by atoms with Gasteiger partial charge in [-0.3, -0.25) is 0 Å². The van der Waals surface area contributed by atoms with Crippen LogP contribution in [-0.2, 0) is 12.8 Å². The van der Waals surface area contributed by atoms with Gasteiger partial charge in [0.15, 0.2) is 0 Å². The molecule has 6 rings (SSSR count). The van der Waals surface area contributed by atoms with Gasteiger partial charge in [-0.15, -0.1) is 0 Å². The van der Waals surface area contributed by atoms with Crippen molar-refractivity contribution < 1.29 is 0 Å². The summed E-state index contributed by atoms with van der Waals surface area (Å²) in [7, 11) is 2.13. The summed E-state index contributed by atoms with van der Waals surface area (Å²) >= 11 is 0. The number of hydrogen-bond acceptors (Lipinski definition) is 1. The van der Waals surface area contributed by atoms with Gasteiger partial charge in [-0.2, -0.15) is 0 Å². The molecule has 0 atom stereocenters. The molecule has 0 heterocycles. The van der Waals surface area contributed by atoms with Crippen LogP contribution in [0.4, 0.5) is 11.4 Å². The van der Waals surface area contributed by atoms with Crippen molar-refractivity contribution in [3.05, 3.63) is 180 Å². The Labute approximate surface area is 238 Å². The monoisotopic (exact) mass is 515 g/mol. The van der Waals surface area contributed by atoms with Gasteiger partial charge in [0.2, 0.25) is 0 Å². The highest BCUT2D eigenvalue weighted by molar-refractivity contribution is 5.72. The van der Waals surface area contributed by atoms with E-state index in [0.717, 1.165) is 12.8 Å². The van der Waals surface area contributed by atoms with Crippen LogP contribution in [0, 0.1) is 0 Å². The molecule has 0 N–H and O–H groups in total. The molecule has 0 aliphatic carbocycles. The lowest BCUT2D eigenvalue weighted by molar-refractivity contribution is 1.19. The summed E-state index contributed by atoms with van der Waals surface area (Å²) in [4.78, 5) is 2.24. The Kier molecular flexibility index (Phi) is 7.55. The second-order valence-corrected chi connectivity index (χ2v) is 10.4. The van der Waals surface area contributed by atoms with Crippen LogP contribution in [0.25, 0.3) is 22.3 Å². The third-order valence-corrected chi connectivity index (χ3v) is 7.59. The van der Waals surface area contributed by atoms with Crippen LogP contribution in [0.1, 0.15) is 22.3 Å². The first-order valence-corrected chi connectivity index (χ1v) is 13.9. The van der Waals surface area contributed by atoms with E-state index in [1.165, 1.54) is 55.9 Å². The molecule has 1 nitrogen and oxygen atoms in total. The van der Waals surface area contributed by atoms with Crippen molar-refractivity contribution in [1.82, 2.24) is 0 Å². The van der Waals surface area contributed by atoms with Crippen LogP contribution < -0.4 is 4.90 Å². The highest BCUT2D eigenvalue weighted by Crippen LogP contribution is 2.30. The van der Waals surface area contributed by atoms with E-state index in [2.05, 4.69) is 170 Å². The zero-order chi connectivity index (χ0) is 27.1. The molecule has 0 saturated heterocycles. The van der Waals surface area contributed by atoms with Crippen molar-refractivity contribution in [3.8, 4) is 22.3 Å². The molecular formula is C39H33N. The van der Waals surface area contributed by atoms with E-state index in [0.29, 0.717) is 0 Å². The maximum atomic E-state index is 2.24. The Morgan fingerprint density at radius 3 is 0.925 bits per heavy atom. The molecule has 0 aliphatic heterocycles. The Balaban J connectivity index is 1.10. The van der Waals surface area contributed by atoms with E-state index in [1.54, 1.807) is 0 Å². The van der Waals surface area contributed by atoms with Crippen molar-refractivity contribution in [3.63, 3.8) is 0 Å². The van der Waals surface area contributed by atoms with Crippen molar-refractivity contribution in [1.29, 1.82) is 0 Å². The summed E-state index contributed by atoms with van der Waals surface area (Å²) in [6, 6.07) is 56.8. The molecule has 40 heavy (non-hydrogen) atoms. The van der Waals surface area contributed by atoms with Crippen molar-refractivity contribution in [2.75, 3.05) is 11.9 Å². The first-order valence-electron chi connectivity index (χ1n) is 13.9. The van der Waals surface area contributed by atoms with Gasteiger partial charge in [-0.1, -0.05) is 133 Å². The van der Waals surface area contributed by atoms with Gasteiger partial charge < -0.3 is 4.90 Å². The highest BCUT2D eigenvalue weighted by Gasteiger charge is 2.07. The Bertz CT molecular complexity index is 1500. The summed E-state index contributed by atoms with van der Waals surface area (Å²) in [5.74, 6) is 0. The van der Waals surface area contributed by atoms with E-state index >= 15 is 0 Å². The van der Waals surface area contributed by atoms with E-state index in [1.807, 2.05) is 0 Å². The van der Waals surface area contributed by atoms with Gasteiger partial charge in [0.25, 0.3) is 0 Å². The largest absolute Gasteiger partial charge is 0.345 e. The predicted molar refractivity (Wildman–Crippen MR) is 170 cm³/mol. The maximum Gasteiger partial charge on any atom is 0.0408 e. The van der Waals surface area contributed by atoms with Crippen molar-refractivity contribution >= 4 is 11.4 Å². The first kappa shape index (κ1) is 25.4. The quantitative estimate of drug-likeness (QED) is 0.195. The summed E-state index contributed by atoms with van der Waals surface area (Å²) in [5.41, 5.74) is 12.6. The molecule has 0 aliphatic rings. The molecule has 0 fully saturated rings. The molecule has 1 heteroatoms. The average Bonchev–Trinajstić information content (AvgIpc) is 3.03. The summed E-state index contributed by atoms with van der Waals surface area (Å²) < 4.78 is 0. The van der Waals surface area contributed by atoms with Gasteiger partial charge in [0.1, 0.15) is 0 Å². The van der Waals surface area contributed by atoms with Gasteiger partial charge in [-0.25, -0.2) is 0 Å². The zero-order valence-electron chi connectivity index (χ0n) is 22.9. The molecule has 0 radical (unpaired) electrons. The fourth-order valence-corrected chi connectivity index (χ4v) is 5.20. The van der Waals surface area contributed by atoms with Gasteiger partial charge in [0, 0.05) is 18.4 Å². The van der Waals surface area contributed by atoms with Crippen molar-refractivity contribution in [2.24, 2.45) is 0 Å². The van der Waals surface area contributed by atoms with Crippen LogP contribution in [0.2, 0.25) is 0 Å². The Morgan fingerprint density at radius 1 is 0.325 bits per heavy atom. The average molecular weight is 516 g/mol. The second-order valence-electron chi connectivity index (χ2n) is 10.4. The standard InChI is InChI=1S/C39H33N/c1-40(38-24-20-36(21-25-38)34-16-12-32(13-17-34)28-30-8-4-2-5-9-30)39-26-22-37(23-27-39)35-18-14-33(15-19-35)29-31-10-6-3-7-11-31/h2-27H,28-29H2,1H3. The van der Waals surface area contributed by atoms with Crippen molar-refractivity contribution in [2.45, 2.75) is 12.8 Å². The maximum absolute atomic E-state index is 2.24. The zero-order valence-corrected chi connectivity index (χ0v) is 22.9. The molecule has 0 unspecified atom stereocenters. The SMILES string of the molecule is CN(c1ccc(-c2ccc(Cc3ccccc3)cc2)cc1)c1ccc(-c2ccc(Cc3ccccc3)cc2)cc1. The fourth-order valence-electron chi connectivity index (χ4n) is 5.20. The Morgan fingerprint density at radius 2 is 0.600 bits per heavy atom. The van der Waals surface area contributed by atoms with E-state index in [9.17, 15) is 0 Å². The van der Waals surface area contributed by atoms with Crippen LogP contribution in [0.3, 0.4) is 0 Å². The fraction of sp³-hybridized carbons (Fsp3) is 0.0769. The smallest absolute Gasteiger partial charge is 0.0408 e. The minimum Gasteiger partial charge on any atom is -0.345 e. The Hall–Kier alpha value is -4.88. The van der Waals surface area contributed by atoms with Gasteiger partial charge >= 0.3 is 0 Å². The second kappa shape index (κ2) is 11.9. The van der Waals surface area contributed by atoms with E-state index in [4.69, 9.17) is 0 Å². The number of hydrogen-bond donors (Lipinski definition) is 0. The molecule has 0 spiro atoms. The predicted octanol–water partition coefficient (Wildman–Crippen LogP) is 9.97. The van der Waals surface area contributed by atoms with Crippen LogP contribution >= 0.6 is 0 Å². The molecule has 0 saturated carbocycles. The van der Waals surface area contributed by atoms with Crippen LogP contribution in [0.5, 0.6) is 0 Å². The molecule has 194 valence electrons. The number of nitrogens with zero attached hydrogens (tertiary/aromatic N) is 1. The summed E-state index contributed by atoms with van der Waals surface area (Å²) in [5, 5.41) is 0. The van der Waals surface area contributed by atoms with Crippen LogP contribution in [0.15, 0.2) is 158 Å². The van der Waals surface area contributed by atoms with Crippen LogP contribution in [-0.4, -0.2) is 7.05 Å². The topological polar surface area (TPSA) is 3.24 Å². The number of anilines is 2. The molecule has 0 amide bonds. The minimum absolute atomic E-state index is 0.962. The third-order valence-electron chi connectivity index (χ3n) is 7.59. The molecule has 6 aromatic carbocycles. The minimum atomic E-state index is 0.962. The normalized spacial score (nSPS) is 10.8. The lowest BCUT2D eigenvalue weighted by Crippen LogP contribution is -2.08. The third kappa shape index (κ3) is 6.06. The summed E-state index contributed by atoms with van der Waals surface area (Å²) in [6.45, 7) is 0. The molecular weight excluding hydrogens is 482 g/mol. The lowest BCUT2D eigenvalue weighted by atomic mass is 10.00. The van der Waals surface area contributed by atoms with Gasteiger partial charge in [0.05, 0.1) is 0 Å². The highest BCUT2D eigenvalue weighted by atomic mass is 15.1. The van der Waals surface area contributed by atoms with Gasteiger partial charge in [-0.05, 0) is 81.6 Å². The molecule has 6 aromatic rings. The molecule has 0 bridgehead atoms. The molecule has 0 aromatic heterocycles.